The largest absolute Gasteiger partial charge is 0.459 e. The summed E-state index contributed by atoms with van der Waals surface area (Å²) in [4.78, 5) is 12.3. The molecule has 136 valence electrons. The monoisotopic (exact) mass is 353 g/mol. The number of rotatable bonds is 4. The van der Waals surface area contributed by atoms with Gasteiger partial charge in [0, 0.05) is 30.8 Å². The molecular weight excluding hydrogens is 330 g/mol. The van der Waals surface area contributed by atoms with Crippen LogP contribution in [0.25, 0.3) is 16.8 Å². The van der Waals surface area contributed by atoms with Gasteiger partial charge in [0.25, 0.3) is 0 Å². The fourth-order valence-corrected chi connectivity index (χ4v) is 3.40. The first kappa shape index (κ1) is 16.8. The van der Waals surface area contributed by atoms with E-state index in [4.69, 9.17) is 9.47 Å². The molecule has 1 atom stereocenters. The van der Waals surface area contributed by atoms with Crippen molar-refractivity contribution in [3.8, 4) is 11.3 Å². The van der Waals surface area contributed by atoms with Gasteiger partial charge in [0.05, 0.1) is 22.9 Å². The highest BCUT2D eigenvalue weighted by atomic mass is 16.5. The van der Waals surface area contributed by atoms with Gasteiger partial charge >= 0.3 is 5.97 Å². The first-order valence-electron chi connectivity index (χ1n) is 9.10. The van der Waals surface area contributed by atoms with Crippen LogP contribution in [0, 0.1) is 0 Å². The average Bonchev–Trinajstić information content (AvgIpc) is 3.27. The molecule has 1 saturated heterocycles. The normalized spacial score (nSPS) is 17.7. The maximum Gasteiger partial charge on any atom is 0.338 e. The molecule has 3 aromatic rings. The SMILES string of the molecule is CC(C)OC(=O)c1ccn2ccc(-c3ccnn3C3CCCCO3)c2c1. The Bertz CT molecular complexity index is 919. The van der Waals surface area contributed by atoms with Gasteiger partial charge in [-0.05, 0) is 57.4 Å². The molecule has 6 nitrogen and oxygen atoms in total. The second kappa shape index (κ2) is 6.96. The third kappa shape index (κ3) is 3.12. The van der Waals surface area contributed by atoms with E-state index < -0.39 is 0 Å². The van der Waals surface area contributed by atoms with Crippen LogP contribution in [0.4, 0.5) is 0 Å². The molecule has 0 bridgehead atoms. The molecule has 26 heavy (non-hydrogen) atoms. The molecule has 0 aromatic carbocycles. The Labute approximate surface area is 152 Å². The molecule has 1 fully saturated rings. The van der Waals surface area contributed by atoms with Crippen molar-refractivity contribution in [2.75, 3.05) is 6.61 Å². The minimum atomic E-state index is -0.307. The van der Waals surface area contributed by atoms with Crippen molar-refractivity contribution in [2.24, 2.45) is 0 Å². The van der Waals surface area contributed by atoms with Crippen LogP contribution in [0.15, 0.2) is 42.9 Å². The summed E-state index contributed by atoms with van der Waals surface area (Å²) < 4.78 is 15.2. The van der Waals surface area contributed by atoms with E-state index in [0.29, 0.717) is 5.56 Å². The molecule has 0 saturated carbocycles. The number of carbonyl (C=O) groups excluding carboxylic acids is 1. The molecular formula is C20H23N3O3. The van der Waals surface area contributed by atoms with Gasteiger partial charge in [0.15, 0.2) is 6.23 Å². The molecule has 1 unspecified atom stereocenters. The number of hydrogen-bond donors (Lipinski definition) is 0. The Balaban J connectivity index is 1.73. The fraction of sp³-hybridized carbons (Fsp3) is 0.400. The maximum absolute atomic E-state index is 12.3. The second-order valence-electron chi connectivity index (χ2n) is 6.87. The molecule has 0 spiro atoms. The van der Waals surface area contributed by atoms with Crippen molar-refractivity contribution in [1.82, 2.24) is 14.2 Å². The van der Waals surface area contributed by atoms with Crippen molar-refractivity contribution < 1.29 is 14.3 Å². The van der Waals surface area contributed by atoms with Crippen molar-refractivity contribution in [1.29, 1.82) is 0 Å². The minimum absolute atomic E-state index is 0.0298. The van der Waals surface area contributed by atoms with Gasteiger partial charge in [0.2, 0.25) is 0 Å². The topological polar surface area (TPSA) is 57.8 Å². The smallest absolute Gasteiger partial charge is 0.338 e. The first-order chi connectivity index (χ1) is 12.6. The third-order valence-electron chi connectivity index (χ3n) is 4.62. The lowest BCUT2D eigenvalue weighted by Gasteiger charge is -2.24. The molecule has 3 aromatic heterocycles. The molecule has 0 radical (unpaired) electrons. The van der Waals surface area contributed by atoms with Crippen molar-refractivity contribution in [3.63, 3.8) is 0 Å². The Morgan fingerprint density at radius 2 is 2.12 bits per heavy atom. The Hall–Kier alpha value is -2.60. The molecule has 4 heterocycles. The molecule has 0 amide bonds. The summed E-state index contributed by atoms with van der Waals surface area (Å²) in [5, 5.41) is 4.49. The Morgan fingerprint density at radius 3 is 2.88 bits per heavy atom. The summed E-state index contributed by atoms with van der Waals surface area (Å²) in [7, 11) is 0. The number of fused-ring (bicyclic) bond motifs is 1. The zero-order valence-corrected chi connectivity index (χ0v) is 15.1. The quantitative estimate of drug-likeness (QED) is 0.664. The molecule has 6 heteroatoms. The van der Waals surface area contributed by atoms with E-state index >= 15 is 0 Å². The van der Waals surface area contributed by atoms with E-state index in [1.807, 2.05) is 53.5 Å². The number of pyridine rings is 1. The Morgan fingerprint density at radius 1 is 1.27 bits per heavy atom. The molecule has 0 aliphatic carbocycles. The van der Waals surface area contributed by atoms with Crippen LogP contribution in [-0.4, -0.2) is 32.9 Å². The summed E-state index contributed by atoms with van der Waals surface area (Å²) >= 11 is 0. The summed E-state index contributed by atoms with van der Waals surface area (Å²) in [6.07, 6.45) is 8.71. The first-order valence-corrected chi connectivity index (χ1v) is 9.10. The van der Waals surface area contributed by atoms with E-state index in [0.717, 1.165) is 42.6 Å². The number of aromatic nitrogens is 3. The number of hydrogen-bond acceptors (Lipinski definition) is 4. The zero-order chi connectivity index (χ0) is 18.1. The third-order valence-corrected chi connectivity index (χ3v) is 4.62. The van der Waals surface area contributed by atoms with Crippen LogP contribution in [0.3, 0.4) is 0 Å². The predicted molar refractivity (Wildman–Crippen MR) is 98.0 cm³/mol. The van der Waals surface area contributed by atoms with Crippen LogP contribution in [-0.2, 0) is 9.47 Å². The summed E-state index contributed by atoms with van der Waals surface area (Å²) in [5.74, 6) is -0.307. The van der Waals surface area contributed by atoms with Crippen molar-refractivity contribution >= 4 is 11.5 Å². The van der Waals surface area contributed by atoms with E-state index in [9.17, 15) is 4.79 Å². The molecule has 4 rings (SSSR count). The van der Waals surface area contributed by atoms with Crippen molar-refractivity contribution in [3.05, 3.63) is 48.4 Å². The number of ether oxygens (including phenoxy) is 2. The highest BCUT2D eigenvalue weighted by Crippen LogP contribution is 2.31. The minimum Gasteiger partial charge on any atom is -0.459 e. The second-order valence-corrected chi connectivity index (χ2v) is 6.87. The average molecular weight is 353 g/mol. The predicted octanol–water partition coefficient (Wildman–Crippen LogP) is 4.07. The van der Waals surface area contributed by atoms with E-state index in [-0.39, 0.29) is 18.3 Å². The van der Waals surface area contributed by atoms with E-state index in [1.54, 1.807) is 12.3 Å². The van der Waals surface area contributed by atoms with Gasteiger partial charge in [-0.3, -0.25) is 0 Å². The number of carbonyl (C=O) groups is 1. The lowest BCUT2D eigenvalue weighted by Crippen LogP contribution is -2.19. The summed E-state index contributed by atoms with van der Waals surface area (Å²) in [6, 6.07) is 7.69. The maximum atomic E-state index is 12.3. The van der Waals surface area contributed by atoms with Gasteiger partial charge < -0.3 is 13.9 Å². The lowest BCUT2D eigenvalue weighted by atomic mass is 10.1. The molecule has 0 N–H and O–H groups in total. The van der Waals surface area contributed by atoms with Crippen LogP contribution < -0.4 is 0 Å². The highest BCUT2D eigenvalue weighted by molar-refractivity contribution is 5.92. The van der Waals surface area contributed by atoms with Crippen molar-refractivity contribution in [2.45, 2.75) is 45.4 Å². The number of esters is 1. The van der Waals surface area contributed by atoms with Gasteiger partial charge in [-0.2, -0.15) is 5.10 Å². The highest BCUT2D eigenvalue weighted by Gasteiger charge is 2.21. The van der Waals surface area contributed by atoms with Gasteiger partial charge in [-0.1, -0.05) is 0 Å². The number of nitrogens with zero attached hydrogens (tertiary/aromatic N) is 3. The summed E-state index contributed by atoms with van der Waals surface area (Å²) in [6.45, 7) is 4.47. The summed E-state index contributed by atoms with van der Waals surface area (Å²) in [5.41, 5.74) is 3.51. The molecule has 1 aliphatic rings. The van der Waals surface area contributed by atoms with Crippen LogP contribution >= 0.6 is 0 Å². The van der Waals surface area contributed by atoms with Gasteiger partial charge in [-0.25, -0.2) is 9.48 Å². The van der Waals surface area contributed by atoms with E-state index in [1.165, 1.54) is 0 Å². The van der Waals surface area contributed by atoms with Crippen LogP contribution in [0.1, 0.15) is 49.7 Å². The Kier molecular flexibility index (Phi) is 4.51. The lowest BCUT2D eigenvalue weighted by molar-refractivity contribution is -0.0383. The zero-order valence-electron chi connectivity index (χ0n) is 15.1. The van der Waals surface area contributed by atoms with Crippen LogP contribution in [0.5, 0.6) is 0 Å². The van der Waals surface area contributed by atoms with Gasteiger partial charge in [0.1, 0.15) is 0 Å². The fourth-order valence-electron chi connectivity index (χ4n) is 3.40. The van der Waals surface area contributed by atoms with Gasteiger partial charge in [-0.15, -0.1) is 0 Å². The standard InChI is InChI=1S/C20H23N3O3/c1-14(2)26-20(24)15-7-10-22-11-8-16(18(22)13-15)17-6-9-21-23(17)19-5-3-4-12-25-19/h6-11,13-14,19H,3-5,12H2,1-2H3. The van der Waals surface area contributed by atoms with E-state index in [2.05, 4.69) is 5.10 Å². The molecule has 1 aliphatic heterocycles. The van der Waals surface area contributed by atoms with Crippen LogP contribution in [0.2, 0.25) is 0 Å².